The number of hydrogen-bond acceptors (Lipinski definition) is 5. The van der Waals surface area contributed by atoms with Crippen molar-refractivity contribution in [3.05, 3.63) is 89.7 Å². The molecule has 3 aromatic rings. The molecule has 172 valence electrons. The summed E-state index contributed by atoms with van der Waals surface area (Å²) in [5.74, 6) is 0.130. The quantitative estimate of drug-likeness (QED) is 0.350. The lowest BCUT2D eigenvalue weighted by Gasteiger charge is -2.27. The summed E-state index contributed by atoms with van der Waals surface area (Å²) in [6.45, 7) is 2.24. The van der Waals surface area contributed by atoms with Crippen molar-refractivity contribution in [3.8, 4) is 5.75 Å². The number of ether oxygens (including phenoxy) is 2. The summed E-state index contributed by atoms with van der Waals surface area (Å²) in [4.78, 5) is 12.2. The molecule has 0 saturated carbocycles. The van der Waals surface area contributed by atoms with Gasteiger partial charge in [0.2, 0.25) is 5.91 Å². The molecular weight excluding hydrogens is 421 g/mol. The van der Waals surface area contributed by atoms with Crippen LogP contribution in [0.15, 0.2) is 72.8 Å². The monoisotopic (exact) mass is 449 g/mol. The van der Waals surface area contributed by atoms with Crippen LogP contribution in [0.25, 0.3) is 0 Å². The van der Waals surface area contributed by atoms with Crippen molar-refractivity contribution < 1.29 is 18.7 Å². The van der Waals surface area contributed by atoms with Crippen molar-refractivity contribution >= 4 is 23.5 Å². The minimum Gasteiger partial charge on any atom is -0.484 e. The van der Waals surface area contributed by atoms with E-state index in [0.717, 1.165) is 5.56 Å². The molecule has 0 fully saturated rings. The van der Waals surface area contributed by atoms with Gasteiger partial charge in [-0.15, -0.1) is 0 Å². The summed E-state index contributed by atoms with van der Waals surface area (Å²) in [6, 6.07) is 20.7. The molecule has 0 aliphatic rings. The second kappa shape index (κ2) is 11.8. The minimum atomic E-state index is -0.438. The topological polar surface area (TPSA) is 83.4 Å². The van der Waals surface area contributed by atoms with Gasteiger partial charge in [-0.25, -0.2) is 4.39 Å². The molecule has 0 aliphatic heterocycles. The maximum Gasteiger partial charge on any atom is 0.222 e. The highest BCUT2D eigenvalue weighted by molar-refractivity contribution is 5.88. The zero-order chi connectivity index (χ0) is 23.6. The summed E-state index contributed by atoms with van der Waals surface area (Å²) >= 11 is 0. The molecule has 0 heterocycles. The Kier molecular flexibility index (Phi) is 8.55. The normalized spacial score (nSPS) is 12.5. The Morgan fingerprint density at radius 2 is 1.82 bits per heavy atom. The van der Waals surface area contributed by atoms with Gasteiger partial charge in [0.1, 0.15) is 17.7 Å². The molecule has 0 saturated heterocycles. The first-order valence-corrected chi connectivity index (χ1v) is 10.7. The van der Waals surface area contributed by atoms with Gasteiger partial charge in [-0.1, -0.05) is 30.3 Å². The van der Waals surface area contributed by atoms with Gasteiger partial charge in [0.25, 0.3) is 0 Å². The summed E-state index contributed by atoms with van der Waals surface area (Å²) < 4.78 is 24.5. The Hall–Kier alpha value is -3.71. The molecule has 33 heavy (non-hydrogen) atoms. The SMILES string of the molecule is COCCC(=O)N[C@@H](C)[C@H](Oc1ccc(Nc2ccc(F)cc2)c(C=N)c1)c1ccccc1. The lowest BCUT2D eigenvalue weighted by atomic mass is 10.0. The summed E-state index contributed by atoms with van der Waals surface area (Å²) in [6.07, 6.45) is 1.06. The Balaban J connectivity index is 1.80. The molecule has 0 unspecified atom stereocenters. The van der Waals surface area contributed by atoms with Gasteiger partial charge < -0.3 is 25.5 Å². The van der Waals surface area contributed by atoms with E-state index in [-0.39, 0.29) is 24.2 Å². The van der Waals surface area contributed by atoms with Crippen molar-refractivity contribution in [1.82, 2.24) is 5.32 Å². The third kappa shape index (κ3) is 6.89. The van der Waals surface area contributed by atoms with Crippen LogP contribution < -0.4 is 15.4 Å². The number of anilines is 2. The maximum atomic E-state index is 13.2. The lowest BCUT2D eigenvalue weighted by Crippen LogP contribution is -2.39. The van der Waals surface area contributed by atoms with E-state index < -0.39 is 6.10 Å². The number of halogens is 1. The van der Waals surface area contributed by atoms with Crippen LogP contribution in [0.3, 0.4) is 0 Å². The Morgan fingerprint density at radius 3 is 2.48 bits per heavy atom. The van der Waals surface area contributed by atoms with Gasteiger partial charge in [0, 0.05) is 36.7 Å². The number of carbonyl (C=O) groups excluding carboxylic acids is 1. The number of rotatable bonds is 11. The first kappa shape index (κ1) is 23.9. The highest BCUT2D eigenvalue weighted by Gasteiger charge is 2.23. The summed E-state index contributed by atoms with van der Waals surface area (Å²) in [5.41, 5.74) is 2.94. The fourth-order valence-corrected chi connectivity index (χ4v) is 3.38. The number of amides is 1. The van der Waals surface area contributed by atoms with Crippen molar-refractivity contribution in [3.63, 3.8) is 0 Å². The molecule has 1 amide bonds. The second-order valence-electron chi connectivity index (χ2n) is 7.57. The molecule has 7 heteroatoms. The Labute approximate surface area is 193 Å². The fourth-order valence-electron chi connectivity index (χ4n) is 3.38. The fraction of sp³-hybridized carbons (Fsp3) is 0.231. The highest BCUT2D eigenvalue weighted by atomic mass is 19.1. The maximum absolute atomic E-state index is 13.2. The van der Waals surface area contributed by atoms with Gasteiger partial charge in [-0.3, -0.25) is 4.79 Å². The molecule has 0 aliphatic carbocycles. The third-order valence-electron chi connectivity index (χ3n) is 5.07. The van der Waals surface area contributed by atoms with E-state index in [2.05, 4.69) is 10.6 Å². The largest absolute Gasteiger partial charge is 0.484 e. The standard InChI is InChI=1S/C26H28FN3O3/c1-18(29-25(31)14-15-32-2)26(19-6-4-3-5-7-19)33-23-12-13-24(20(16-23)17-28)30-22-10-8-21(27)9-11-22/h3-13,16-18,26,28,30H,14-15H2,1-2H3,(H,29,31)/t18-,26-/m0/s1. The van der Waals surface area contributed by atoms with Crippen LogP contribution in [0.5, 0.6) is 5.75 Å². The number of hydrogen-bond donors (Lipinski definition) is 3. The van der Waals surface area contributed by atoms with Crippen LogP contribution in [0.2, 0.25) is 0 Å². The van der Waals surface area contributed by atoms with Crippen LogP contribution in [-0.4, -0.2) is 31.9 Å². The number of benzene rings is 3. The van der Waals surface area contributed by atoms with E-state index >= 15 is 0 Å². The van der Waals surface area contributed by atoms with Crippen molar-refractivity contribution in [2.45, 2.75) is 25.5 Å². The smallest absolute Gasteiger partial charge is 0.222 e. The van der Waals surface area contributed by atoms with E-state index in [1.165, 1.54) is 18.3 Å². The average molecular weight is 450 g/mol. The Bertz CT molecular complexity index is 1060. The van der Waals surface area contributed by atoms with Gasteiger partial charge in [-0.05, 0) is 55.0 Å². The van der Waals surface area contributed by atoms with Crippen LogP contribution >= 0.6 is 0 Å². The van der Waals surface area contributed by atoms with Gasteiger partial charge in [0.15, 0.2) is 0 Å². The molecular formula is C26H28FN3O3. The van der Waals surface area contributed by atoms with Gasteiger partial charge >= 0.3 is 0 Å². The molecule has 0 bridgehead atoms. The zero-order valence-corrected chi connectivity index (χ0v) is 18.7. The third-order valence-corrected chi connectivity index (χ3v) is 5.07. The molecule has 2 atom stereocenters. The van der Waals surface area contributed by atoms with Crippen LogP contribution in [0.1, 0.15) is 30.6 Å². The summed E-state index contributed by atoms with van der Waals surface area (Å²) in [5, 5.41) is 14.0. The Morgan fingerprint density at radius 1 is 1.09 bits per heavy atom. The number of methoxy groups -OCH3 is 1. The predicted octanol–water partition coefficient (Wildman–Crippen LogP) is 5.23. The molecule has 0 aromatic heterocycles. The zero-order valence-electron chi connectivity index (χ0n) is 18.7. The second-order valence-corrected chi connectivity index (χ2v) is 7.57. The average Bonchev–Trinajstić information content (AvgIpc) is 2.83. The van der Waals surface area contributed by atoms with E-state index in [0.29, 0.717) is 29.3 Å². The summed E-state index contributed by atoms with van der Waals surface area (Å²) in [7, 11) is 1.56. The molecule has 3 N–H and O–H groups in total. The minimum absolute atomic E-state index is 0.118. The first-order chi connectivity index (χ1) is 16.0. The van der Waals surface area contributed by atoms with E-state index in [9.17, 15) is 9.18 Å². The van der Waals surface area contributed by atoms with Crippen LogP contribution in [0, 0.1) is 11.2 Å². The van der Waals surface area contributed by atoms with Crippen molar-refractivity contribution in [1.29, 1.82) is 5.41 Å². The number of carbonyl (C=O) groups is 1. The molecule has 3 rings (SSSR count). The predicted molar refractivity (Wildman–Crippen MR) is 128 cm³/mol. The van der Waals surface area contributed by atoms with E-state index in [1.807, 2.05) is 43.3 Å². The molecule has 3 aromatic carbocycles. The first-order valence-electron chi connectivity index (χ1n) is 10.7. The van der Waals surface area contributed by atoms with Crippen molar-refractivity contribution in [2.24, 2.45) is 0 Å². The van der Waals surface area contributed by atoms with Gasteiger partial charge in [0.05, 0.1) is 12.6 Å². The molecule has 6 nitrogen and oxygen atoms in total. The number of nitrogens with one attached hydrogen (secondary N) is 3. The van der Waals surface area contributed by atoms with E-state index in [1.54, 1.807) is 31.4 Å². The molecule has 0 spiro atoms. The van der Waals surface area contributed by atoms with Crippen LogP contribution in [0.4, 0.5) is 15.8 Å². The van der Waals surface area contributed by atoms with E-state index in [4.69, 9.17) is 14.9 Å². The lowest BCUT2D eigenvalue weighted by molar-refractivity contribution is -0.123. The molecule has 0 radical (unpaired) electrons. The van der Waals surface area contributed by atoms with Crippen LogP contribution in [-0.2, 0) is 9.53 Å². The van der Waals surface area contributed by atoms with Gasteiger partial charge in [-0.2, -0.15) is 0 Å². The highest BCUT2D eigenvalue weighted by Crippen LogP contribution is 2.29. The van der Waals surface area contributed by atoms with Crippen molar-refractivity contribution in [2.75, 3.05) is 19.0 Å².